The average Bonchev–Trinajstić information content (AvgIpc) is 2.92. The Bertz CT molecular complexity index is 574. The molecular formula is C18H25NO2. The van der Waals surface area contributed by atoms with Crippen LogP contribution in [-0.2, 0) is 11.3 Å². The van der Waals surface area contributed by atoms with Crippen LogP contribution in [0.3, 0.4) is 0 Å². The van der Waals surface area contributed by atoms with Crippen LogP contribution in [0.25, 0.3) is 0 Å². The summed E-state index contributed by atoms with van der Waals surface area (Å²) in [5.41, 5.74) is 3.90. The maximum atomic E-state index is 5.95. The Morgan fingerprint density at radius 1 is 1.19 bits per heavy atom. The van der Waals surface area contributed by atoms with Crippen molar-refractivity contribution < 1.29 is 9.15 Å². The van der Waals surface area contributed by atoms with Gasteiger partial charge in [-0.2, -0.15) is 0 Å². The van der Waals surface area contributed by atoms with Crippen molar-refractivity contribution in [2.45, 2.75) is 39.8 Å². The summed E-state index contributed by atoms with van der Waals surface area (Å²) in [6.45, 7) is 7.95. The third kappa shape index (κ3) is 3.74. The van der Waals surface area contributed by atoms with Crippen molar-refractivity contribution in [2.24, 2.45) is 0 Å². The minimum atomic E-state index is 0.0930. The zero-order chi connectivity index (χ0) is 15.2. The van der Waals surface area contributed by atoms with Crippen LogP contribution in [0.15, 0.2) is 34.7 Å². The van der Waals surface area contributed by atoms with Crippen LogP contribution in [-0.4, -0.2) is 13.7 Å². The number of rotatable bonds is 7. The number of aryl methyl sites for hydroxylation is 1. The molecule has 0 aliphatic heterocycles. The summed E-state index contributed by atoms with van der Waals surface area (Å²) in [5, 5.41) is 3.59. The molecule has 1 aromatic heterocycles. The quantitative estimate of drug-likeness (QED) is 0.831. The smallest absolute Gasteiger partial charge is 0.129 e. The molecule has 3 nitrogen and oxygen atoms in total. The van der Waals surface area contributed by atoms with Gasteiger partial charge in [-0.1, -0.05) is 25.1 Å². The molecule has 0 aliphatic carbocycles. The van der Waals surface area contributed by atoms with E-state index in [0.717, 1.165) is 24.5 Å². The molecule has 1 unspecified atom stereocenters. The predicted octanol–water partition coefficient (Wildman–Crippen LogP) is 4.13. The summed E-state index contributed by atoms with van der Waals surface area (Å²) < 4.78 is 11.1. The molecule has 3 heteroatoms. The van der Waals surface area contributed by atoms with Gasteiger partial charge in [0, 0.05) is 7.11 Å². The Morgan fingerprint density at radius 2 is 2.00 bits per heavy atom. The highest BCUT2D eigenvalue weighted by molar-refractivity contribution is 5.38. The van der Waals surface area contributed by atoms with E-state index >= 15 is 0 Å². The van der Waals surface area contributed by atoms with Crippen molar-refractivity contribution in [1.29, 1.82) is 0 Å². The summed E-state index contributed by atoms with van der Waals surface area (Å²) in [7, 11) is 1.68. The van der Waals surface area contributed by atoms with Gasteiger partial charge in [-0.15, -0.1) is 0 Å². The van der Waals surface area contributed by atoms with Gasteiger partial charge >= 0.3 is 0 Å². The lowest BCUT2D eigenvalue weighted by Gasteiger charge is -2.20. The van der Waals surface area contributed by atoms with Crippen LogP contribution < -0.4 is 5.32 Å². The van der Waals surface area contributed by atoms with Gasteiger partial charge in [0.1, 0.15) is 18.1 Å². The van der Waals surface area contributed by atoms with E-state index in [2.05, 4.69) is 44.3 Å². The first-order chi connectivity index (χ1) is 10.2. The summed E-state index contributed by atoms with van der Waals surface area (Å²) in [4.78, 5) is 0. The minimum Gasteiger partial charge on any atom is -0.462 e. The molecule has 0 aliphatic rings. The number of methoxy groups -OCH3 is 1. The first-order valence-corrected chi connectivity index (χ1v) is 7.54. The number of benzene rings is 1. The van der Waals surface area contributed by atoms with Crippen molar-refractivity contribution in [3.8, 4) is 0 Å². The molecule has 0 bridgehead atoms. The molecule has 1 N–H and O–H groups in total. The van der Waals surface area contributed by atoms with Crippen molar-refractivity contribution in [3.63, 3.8) is 0 Å². The fourth-order valence-electron chi connectivity index (χ4n) is 2.51. The first kappa shape index (κ1) is 15.8. The minimum absolute atomic E-state index is 0.0930. The third-order valence-corrected chi connectivity index (χ3v) is 3.81. The largest absolute Gasteiger partial charge is 0.462 e. The molecule has 2 aromatic rings. The molecule has 0 spiro atoms. The Kier molecular flexibility index (Phi) is 5.59. The SMILES string of the molecule is CCCNC(c1ccc(COC)o1)c1cccc(C)c1C. The molecular weight excluding hydrogens is 262 g/mol. The van der Waals surface area contributed by atoms with E-state index in [1.165, 1.54) is 16.7 Å². The molecule has 21 heavy (non-hydrogen) atoms. The molecule has 2 rings (SSSR count). The van der Waals surface area contributed by atoms with Gasteiger partial charge in [0.15, 0.2) is 0 Å². The number of furan rings is 1. The maximum Gasteiger partial charge on any atom is 0.129 e. The Balaban J connectivity index is 2.34. The topological polar surface area (TPSA) is 34.4 Å². The highest BCUT2D eigenvalue weighted by Gasteiger charge is 2.19. The first-order valence-electron chi connectivity index (χ1n) is 7.54. The zero-order valence-electron chi connectivity index (χ0n) is 13.4. The molecule has 0 saturated carbocycles. The van der Waals surface area contributed by atoms with Gasteiger partial charge in [0.2, 0.25) is 0 Å². The second-order valence-corrected chi connectivity index (χ2v) is 5.41. The van der Waals surface area contributed by atoms with Crippen LogP contribution >= 0.6 is 0 Å². The Morgan fingerprint density at radius 3 is 2.71 bits per heavy atom. The summed E-state index contributed by atoms with van der Waals surface area (Å²) in [5.74, 6) is 1.81. The van der Waals surface area contributed by atoms with E-state index in [9.17, 15) is 0 Å². The van der Waals surface area contributed by atoms with Crippen LogP contribution in [0, 0.1) is 13.8 Å². The predicted molar refractivity (Wildman–Crippen MR) is 85.5 cm³/mol. The van der Waals surface area contributed by atoms with Gasteiger partial charge in [0.25, 0.3) is 0 Å². The number of nitrogens with one attached hydrogen (secondary N) is 1. The lowest BCUT2D eigenvalue weighted by molar-refractivity contribution is 0.162. The number of hydrogen-bond acceptors (Lipinski definition) is 3. The molecule has 0 amide bonds. The second-order valence-electron chi connectivity index (χ2n) is 5.41. The van der Waals surface area contributed by atoms with Crippen LogP contribution in [0.5, 0.6) is 0 Å². The lowest BCUT2D eigenvalue weighted by atomic mass is 9.96. The molecule has 114 valence electrons. The van der Waals surface area contributed by atoms with Crippen molar-refractivity contribution in [3.05, 3.63) is 58.5 Å². The maximum absolute atomic E-state index is 5.95. The molecule has 0 saturated heterocycles. The molecule has 0 radical (unpaired) electrons. The zero-order valence-corrected chi connectivity index (χ0v) is 13.4. The van der Waals surface area contributed by atoms with Gasteiger partial charge < -0.3 is 14.5 Å². The van der Waals surface area contributed by atoms with Gasteiger partial charge in [-0.25, -0.2) is 0 Å². The van der Waals surface area contributed by atoms with Gasteiger partial charge in [0.05, 0.1) is 6.04 Å². The van der Waals surface area contributed by atoms with E-state index in [-0.39, 0.29) is 6.04 Å². The highest BCUT2D eigenvalue weighted by Crippen LogP contribution is 2.28. The van der Waals surface area contributed by atoms with Gasteiger partial charge in [-0.3, -0.25) is 0 Å². The Hall–Kier alpha value is -1.58. The molecule has 1 atom stereocenters. The van der Waals surface area contributed by atoms with Crippen molar-refractivity contribution in [2.75, 3.05) is 13.7 Å². The van der Waals surface area contributed by atoms with Crippen LogP contribution in [0.1, 0.15) is 47.6 Å². The summed E-state index contributed by atoms with van der Waals surface area (Å²) in [6, 6.07) is 10.6. The molecule has 0 fully saturated rings. The lowest BCUT2D eigenvalue weighted by Crippen LogP contribution is -2.23. The van der Waals surface area contributed by atoms with Crippen LogP contribution in [0.2, 0.25) is 0 Å². The fraction of sp³-hybridized carbons (Fsp3) is 0.444. The number of ether oxygens (including phenoxy) is 1. The molecule has 1 aromatic carbocycles. The average molecular weight is 287 g/mol. The van der Waals surface area contributed by atoms with Crippen LogP contribution in [0.4, 0.5) is 0 Å². The van der Waals surface area contributed by atoms with E-state index in [1.54, 1.807) is 7.11 Å². The van der Waals surface area contributed by atoms with Crippen molar-refractivity contribution in [1.82, 2.24) is 5.32 Å². The van der Waals surface area contributed by atoms with Gasteiger partial charge in [-0.05, 0) is 55.6 Å². The standard InChI is InChI=1S/C18H25NO2/c1-5-11-19-18(16-8-6-7-13(2)14(16)3)17-10-9-15(21-17)12-20-4/h6-10,18-19H,5,11-12H2,1-4H3. The fourth-order valence-corrected chi connectivity index (χ4v) is 2.51. The molecule has 1 heterocycles. The van der Waals surface area contributed by atoms with E-state index in [1.807, 2.05) is 12.1 Å². The second kappa shape index (κ2) is 7.43. The third-order valence-electron chi connectivity index (χ3n) is 3.81. The van der Waals surface area contributed by atoms with E-state index in [4.69, 9.17) is 9.15 Å². The summed E-state index contributed by atoms with van der Waals surface area (Å²) in [6.07, 6.45) is 1.09. The summed E-state index contributed by atoms with van der Waals surface area (Å²) >= 11 is 0. The normalized spacial score (nSPS) is 12.6. The Labute approximate surface area is 127 Å². The number of hydrogen-bond donors (Lipinski definition) is 1. The van der Waals surface area contributed by atoms with E-state index in [0.29, 0.717) is 6.61 Å². The van der Waals surface area contributed by atoms with E-state index < -0.39 is 0 Å². The monoisotopic (exact) mass is 287 g/mol. The van der Waals surface area contributed by atoms with Crippen molar-refractivity contribution >= 4 is 0 Å². The highest BCUT2D eigenvalue weighted by atomic mass is 16.5.